The lowest BCUT2D eigenvalue weighted by Gasteiger charge is -2.50. The van der Waals surface area contributed by atoms with Crippen LogP contribution >= 0.6 is 0 Å². The van der Waals surface area contributed by atoms with Gasteiger partial charge in [0.1, 0.15) is 6.10 Å². The lowest BCUT2D eigenvalue weighted by Crippen LogP contribution is -2.45. The van der Waals surface area contributed by atoms with Crippen LogP contribution in [0.5, 0.6) is 0 Å². The summed E-state index contributed by atoms with van der Waals surface area (Å²) in [5.74, 6) is 0.769. The van der Waals surface area contributed by atoms with Crippen LogP contribution in [0.25, 0.3) is 0 Å². The highest BCUT2D eigenvalue weighted by molar-refractivity contribution is 5.75. The van der Waals surface area contributed by atoms with E-state index in [0.29, 0.717) is 31.5 Å². The molecule has 5 atom stereocenters. The largest absolute Gasteiger partial charge is 0.462 e. The van der Waals surface area contributed by atoms with E-state index in [1.54, 1.807) is 0 Å². The van der Waals surface area contributed by atoms with Crippen molar-refractivity contribution < 1.29 is 19.7 Å². The SMILES string of the molecule is C=C1CCC[C@]2(C)C[C@H]3OC(=O)[C@@H](CNCCCN(CCO)CCO)[C@H]3C[C@H]12. The van der Waals surface area contributed by atoms with E-state index in [0.717, 1.165) is 38.8 Å². The van der Waals surface area contributed by atoms with Crippen molar-refractivity contribution in [1.29, 1.82) is 0 Å². The molecule has 0 radical (unpaired) electrons. The lowest BCUT2D eigenvalue weighted by molar-refractivity contribution is -0.146. The molecule has 0 bridgehead atoms. The third-order valence-corrected chi connectivity index (χ3v) is 7.34. The fourth-order valence-electron chi connectivity index (χ4n) is 5.79. The second-order valence-corrected chi connectivity index (χ2v) is 9.25. The molecule has 28 heavy (non-hydrogen) atoms. The molecule has 0 aromatic rings. The van der Waals surface area contributed by atoms with Crippen molar-refractivity contribution in [2.75, 3.05) is 45.9 Å². The van der Waals surface area contributed by atoms with Gasteiger partial charge < -0.3 is 20.3 Å². The summed E-state index contributed by atoms with van der Waals surface area (Å²) < 4.78 is 5.81. The van der Waals surface area contributed by atoms with E-state index in [1.807, 2.05) is 0 Å². The molecule has 6 nitrogen and oxygen atoms in total. The Morgan fingerprint density at radius 2 is 2.04 bits per heavy atom. The zero-order valence-corrected chi connectivity index (χ0v) is 17.4. The molecule has 2 saturated carbocycles. The van der Waals surface area contributed by atoms with Crippen LogP contribution in [-0.4, -0.2) is 73.1 Å². The number of hydrogen-bond acceptors (Lipinski definition) is 6. The first-order valence-corrected chi connectivity index (χ1v) is 11.0. The first-order valence-electron chi connectivity index (χ1n) is 11.0. The van der Waals surface area contributed by atoms with Crippen LogP contribution in [0.2, 0.25) is 0 Å². The molecule has 0 aromatic carbocycles. The predicted molar refractivity (Wildman–Crippen MR) is 109 cm³/mol. The zero-order chi connectivity index (χ0) is 20.1. The molecule has 3 rings (SSSR count). The molecule has 160 valence electrons. The van der Waals surface area contributed by atoms with E-state index in [2.05, 4.69) is 23.7 Å². The number of aliphatic hydroxyl groups is 2. The normalized spacial score (nSPS) is 35.0. The summed E-state index contributed by atoms with van der Waals surface area (Å²) in [5, 5.41) is 21.6. The van der Waals surface area contributed by atoms with Gasteiger partial charge in [-0.05, 0) is 62.9 Å². The number of fused-ring (bicyclic) bond motifs is 2. The molecule has 0 spiro atoms. The van der Waals surface area contributed by atoms with E-state index in [4.69, 9.17) is 14.9 Å². The highest BCUT2D eigenvalue weighted by Gasteiger charge is 2.54. The molecule has 1 heterocycles. The summed E-state index contributed by atoms with van der Waals surface area (Å²) >= 11 is 0. The molecular weight excluding hydrogens is 356 g/mol. The standard InChI is InChI=1S/C22H38N2O4/c1-16-5-3-6-22(2)14-20-17(13-19(16)22)18(21(27)28-20)15-23-7-4-8-24(9-11-25)10-12-26/h17-20,23,25-26H,1,3-15H2,2H3/t17-,18+,19-,20-,22-/m1/s1. The van der Waals surface area contributed by atoms with E-state index in [-0.39, 0.29) is 36.6 Å². The van der Waals surface area contributed by atoms with Gasteiger partial charge in [0.25, 0.3) is 0 Å². The van der Waals surface area contributed by atoms with Crippen LogP contribution in [0, 0.1) is 23.2 Å². The topological polar surface area (TPSA) is 82.0 Å². The Labute approximate surface area is 169 Å². The number of carbonyl (C=O) groups is 1. The molecule has 1 saturated heterocycles. The Morgan fingerprint density at radius 1 is 1.29 bits per heavy atom. The third kappa shape index (κ3) is 4.78. The average molecular weight is 395 g/mol. The first kappa shape index (κ1) is 21.8. The summed E-state index contributed by atoms with van der Waals surface area (Å²) in [6, 6.07) is 0. The van der Waals surface area contributed by atoms with Gasteiger partial charge >= 0.3 is 5.97 Å². The second kappa shape index (κ2) is 9.70. The number of nitrogens with one attached hydrogen (secondary N) is 1. The number of hydrogen-bond donors (Lipinski definition) is 3. The van der Waals surface area contributed by atoms with E-state index in [9.17, 15) is 4.79 Å². The molecule has 6 heteroatoms. The monoisotopic (exact) mass is 394 g/mol. The van der Waals surface area contributed by atoms with Gasteiger partial charge in [-0.3, -0.25) is 9.69 Å². The number of ether oxygens (including phenoxy) is 1. The number of carbonyl (C=O) groups excluding carboxylic acids is 1. The van der Waals surface area contributed by atoms with Crippen molar-refractivity contribution in [3.8, 4) is 0 Å². The van der Waals surface area contributed by atoms with Gasteiger partial charge in [0.05, 0.1) is 19.1 Å². The molecule has 0 amide bonds. The number of esters is 1. The van der Waals surface area contributed by atoms with Crippen LogP contribution in [0.1, 0.15) is 45.4 Å². The summed E-state index contributed by atoms with van der Waals surface area (Å²) in [4.78, 5) is 14.6. The second-order valence-electron chi connectivity index (χ2n) is 9.25. The Balaban J connectivity index is 1.47. The van der Waals surface area contributed by atoms with Crippen LogP contribution < -0.4 is 5.32 Å². The van der Waals surface area contributed by atoms with Crippen LogP contribution in [0.15, 0.2) is 12.2 Å². The molecule has 3 N–H and O–H groups in total. The minimum absolute atomic E-state index is 0.0300. The maximum Gasteiger partial charge on any atom is 0.310 e. The Morgan fingerprint density at radius 3 is 2.75 bits per heavy atom. The molecular formula is C22H38N2O4. The quantitative estimate of drug-likeness (QED) is 0.296. The number of nitrogens with zero attached hydrogens (tertiary/aromatic N) is 1. The molecule has 3 aliphatic rings. The van der Waals surface area contributed by atoms with E-state index in [1.165, 1.54) is 18.4 Å². The molecule has 1 aliphatic heterocycles. The van der Waals surface area contributed by atoms with Gasteiger partial charge in [-0.1, -0.05) is 19.1 Å². The smallest absolute Gasteiger partial charge is 0.310 e. The first-order chi connectivity index (χ1) is 13.5. The molecule has 0 unspecified atom stereocenters. The lowest BCUT2D eigenvalue weighted by atomic mass is 9.55. The Bertz CT molecular complexity index is 549. The van der Waals surface area contributed by atoms with Gasteiger partial charge in [0.15, 0.2) is 0 Å². The Hall–Kier alpha value is -0.950. The van der Waals surface area contributed by atoms with Crippen molar-refractivity contribution in [2.24, 2.45) is 23.2 Å². The fraction of sp³-hybridized carbons (Fsp3) is 0.864. The van der Waals surface area contributed by atoms with Gasteiger partial charge in [0, 0.05) is 25.6 Å². The molecule has 2 aliphatic carbocycles. The van der Waals surface area contributed by atoms with Crippen molar-refractivity contribution in [2.45, 2.75) is 51.6 Å². The number of rotatable bonds is 10. The summed E-state index contributed by atoms with van der Waals surface area (Å²) in [6.45, 7) is 10.4. The Kier molecular flexibility index (Phi) is 7.54. The van der Waals surface area contributed by atoms with Crippen molar-refractivity contribution in [3.63, 3.8) is 0 Å². The maximum atomic E-state index is 12.5. The fourth-order valence-corrected chi connectivity index (χ4v) is 5.79. The predicted octanol–water partition coefficient (Wildman–Crippen LogP) is 1.57. The van der Waals surface area contributed by atoms with E-state index >= 15 is 0 Å². The summed E-state index contributed by atoms with van der Waals surface area (Å²) in [7, 11) is 0. The van der Waals surface area contributed by atoms with Crippen molar-refractivity contribution in [1.82, 2.24) is 10.2 Å². The van der Waals surface area contributed by atoms with Crippen molar-refractivity contribution in [3.05, 3.63) is 12.2 Å². The van der Waals surface area contributed by atoms with Gasteiger partial charge in [0.2, 0.25) is 0 Å². The van der Waals surface area contributed by atoms with Crippen LogP contribution in [0.4, 0.5) is 0 Å². The maximum absolute atomic E-state index is 12.5. The number of allylic oxidation sites excluding steroid dienone is 1. The third-order valence-electron chi connectivity index (χ3n) is 7.34. The highest BCUT2D eigenvalue weighted by Crippen LogP contribution is 2.56. The number of aliphatic hydroxyl groups excluding tert-OH is 2. The van der Waals surface area contributed by atoms with Crippen molar-refractivity contribution >= 4 is 5.97 Å². The zero-order valence-electron chi connectivity index (χ0n) is 17.4. The summed E-state index contributed by atoms with van der Waals surface area (Å²) in [6.07, 6.45) is 6.60. The van der Waals surface area contributed by atoms with Gasteiger partial charge in [-0.25, -0.2) is 0 Å². The van der Waals surface area contributed by atoms with E-state index < -0.39 is 0 Å². The molecule has 0 aromatic heterocycles. The van der Waals surface area contributed by atoms with Crippen LogP contribution in [-0.2, 0) is 9.53 Å². The molecule has 3 fully saturated rings. The minimum Gasteiger partial charge on any atom is -0.462 e. The average Bonchev–Trinajstić information content (AvgIpc) is 2.94. The minimum atomic E-state index is -0.0461. The highest BCUT2D eigenvalue weighted by atomic mass is 16.6. The summed E-state index contributed by atoms with van der Waals surface area (Å²) in [5.41, 5.74) is 1.63. The van der Waals surface area contributed by atoms with Crippen LogP contribution in [0.3, 0.4) is 0 Å². The van der Waals surface area contributed by atoms with Gasteiger partial charge in [-0.15, -0.1) is 0 Å². The van der Waals surface area contributed by atoms with Gasteiger partial charge in [-0.2, -0.15) is 0 Å².